The van der Waals surface area contributed by atoms with Gasteiger partial charge in [-0.15, -0.1) is 10.2 Å². The highest BCUT2D eigenvalue weighted by Gasteiger charge is 2.38. The van der Waals surface area contributed by atoms with Crippen molar-refractivity contribution in [2.24, 2.45) is 0 Å². The summed E-state index contributed by atoms with van der Waals surface area (Å²) in [5.74, 6) is 1.21. The molecule has 180 valence electrons. The van der Waals surface area contributed by atoms with Crippen LogP contribution in [0, 0.1) is 6.92 Å². The van der Waals surface area contributed by atoms with Gasteiger partial charge in [0.15, 0.2) is 5.82 Å². The van der Waals surface area contributed by atoms with E-state index in [0.717, 1.165) is 17.7 Å². The molecule has 0 spiro atoms. The highest BCUT2D eigenvalue weighted by Crippen LogP contribution is 2.32. The van der Waals surface area contributed by atoms with Gasteiger partial charge in [0, 0.05) is 24.5 Å². The Hall–Kier alpha value is -3.11. The number of carbonyl (C=O) groups is 1. The number of aromatic nitrogens is 3. The first-order chi connectivity index (χ1) is 16.1. The summed E-state index contributed by atoms with van der Waals surface area (Å²) >= 11 is 5.97. The molecule has 3 aromatic rings. The quantitative estimate of drug-likeness (QED) is 0.554. The number of urea groups is 1. The Bertz CT molecular complexity index is 1150. The lowest BCUT2D eigenvalue weighted by Gasteiger charge is -2.25. The smallest absolute Gasteiger partial charge is 0.391 e. The molecule has 34 heavy (non-hydrogen) atoms. The predicted octanol–water partition coefficient (Wildman–Crippen LogP) is 4.32. The molecule has 2 heterocycles. The van der Waals surface area contributed by atoms with Gasteiger partial charge in [-0.05, 0) is 42.3 Å². The number of nitrogens with zero attached hydrogens (tertiary/aromatic N) is 4. The highest BCUT2D eigenvalue weighted by molar-refractivity contribution is 6.30. The second-order valence-electron chi connectivity index (χ2n) is 8.23. The lowest BCUT2D eigenvalue weighted by molar-refractivity contribution is -0.137. The van der Waals surface area contributed by atoms with E-state index >= 15 is 0 Å². The molecule has 2 atom stereocenters. The number of halogens is 4. The predicted molar refractivity (Wildman–Crippen MR) is 119 cm³/mol. The van der Waals surface area contributed by atoms with Crippen LogP contribution in [0.1, 0.15) is 40.8 Å². The van der Waals surface area contributed by atoms with E-state index in [1.807, 2.05) is 23.6 Å². The number of β-amino-alcohol motifs (C(OH)–C–C–N with tert-alkyl or cyclic N) is 1. The number of nitrogens with one attached hydrogen (secondary N) is 1. The Kier molecular flexibility index (Phi) is 6.81. The maximum absolute atomic E-state index is 12.9. The molecule has 2 N–H and O–H groups in total. The van der Waals surface area contributed by atoms with E-state index in [4.69, 9.17) is 11.6 Å². The van der Waals surface area contributed by atoms with Crippen molar-refractivity contribution in [2.75, 3.05) is 6.54 Å². The van der Waals surface area contributed by atoms with Gasteiger partial charge in [0.1, 0.15) is 5.82 Å². The lowest BCUT2D eigenvalue weighted by atomic mass is 10.1. The fourth-order valence-corrected chi connectivity index (χ4v) is 4.11. The van der Waals surface area contributed by atoms with Gasteiger partial charge >= 0.3 is 12.2 Å². The Labute approximate surface area is 199 Å². The largest absolute Gasteiger partial charge is 0.416 e. The maximum atomic E-state index is 12.9. The number of hydrogen-bond acceptors (Lipinski definition) is 4. The number of likely N-dealkylation sites (tertiary alicyclic amines) is 1. The van der Waals surface area contributed by atoms with Crippen LogP contribution in [0.25, 0.3) is 0 Å². The summed E-state index contributed by atoms with van der Waals surface area (Å²) in [5, 5.41) is 22.1. The second-order valence-corrected chi connectivity index (χ2v) is 8.67. The summed E-state index contributed by atoms with van der Waals surface area (Å²) in [6, 6.07) is 11.0. The van der Waals surface area contributed by atoms with Gasteiger partial charge in [-0.25, -0.2) is 4.79 Å². The van der Waals surface area contributed by atoms with Crippen molar-refractivity contribution in [1.29, 1.82) is 0 Å². The number of aliphatic hydroxyl groups excluding tert-OH is 1. The van der Waals surface area contributed by atoms with Crippen LogP contribution in [-0.4, -0.2) is 43.5 Å². The molecule has 2 aromatic carbocycles. The Morgan fingerprint density at radius 1 is 1.12 bits per heavy atom. The zero-order valence-electron chi connectivity index (χ0n) is 18.3. The van der Waals surface area contributed by atoms with Crippen LogP contribution >= 0.6 is 11.6 Å². The SMILES string of the molecule is Cc1nnc(C2CC(O)CN2C(=O)NCc2ccc(C(F)(F)F)cc2)n1Cc1ccc(Cl)cc1. The van der Waals surface area contributed by atoms with Crippen molar-refractivity contribution in [3.63, 3.8) is 0 Å². The van der Waals surface area contributed by atoms with E-state index in [1.165, 1.54) is 17.0 Å². The number of hydrogen-bond donors (Lipinski definition) is 2. The first kappa shape index (κ1) is 24.0. The van der Waals surface area contributed by atoms with Crippen molar-refractivity contribution in [3.8, 4) is 0 Å². The van der Waals surface area contributed by atoms with E-state index in [9.17, 15) is 23.1 Å². The van der Waals surface area contributed by atoms with E-state index in [0.29, 0.717) is 35.2 Å². The van der Waals surface area contributed by atoms with Gasteiger partial charge in [0.25, 0.3) is 0 Å². The van der Waals surface area contributed by atoms with E-state index < -0.39 is 29.9 Å². The molecule has 0 saturated carbocycles. The first-order valence-electron chi connectivity index (χ1n) is 10.6. The minimum absolute atomic E-state index is 0.0484. The minimum Gasteiger partial charge on any atom is -0.391 e. The number of aliphatic hydroxyl groups is 1. The molecule has 7 nitrogen and oxygen atoms in total. The summed E-state index contributed by atoms with van der Waals surface area (Å²) in [4.78, 5) is 14.4. The summed E-state index contributed by atoms with van der Waals surface area (Å²) in [5.41, 5.74) is 0.755. The molecule has 4 rings (SSSR count). The lowest BCUT2D eigenvalue weighted by Crippen LogP contribution is -2.40. The molecule has 1 saturated heterocycles. The normalized spacial score (nSPS) is 18.4. The summed E-state index contributed by atoms with van der Waals surface area (Å²) in [6.45, 7) is 2.44. The van der Waals surface area contributed by atoms with Gasteiger partial charge in [-0.2, -0.15) is 13.2 Å². The van der Waals surface area contributed by atoms with Crippen molar-refractivity contribution >= 4 is 17.6 Å². The molecule has 1 fully saturated rings. The molecule has 2 amide bonds. The van der Waals surface area contributed by atoms with Crippen LogP contribution in [0.3, 0.4) is 0 Å². The molecule has 11 heteroatoms. The van der Waals surface area contributed by atoms with Crippen LogP contribution in [0.2, 0.25) is 5.02 Å². The van der Waals surface area contributed by atoms with Crippen molar-refractivity contribution in [2.45, 2.75) is 44.8 Å². The van der Waals surface area contributed by atoms with Crippen LogP contribution < -0.4 is 5.32 Å². The Balaban J connectivity index is 1.48. The number of carbonyl (C=O) groups excluding carboxylic acids is 1. The van der Waals surface area contributed by atoms with Crippen LogP contribution in [-0.2, 0) is 19.3 Å². The van der Waals surface area contributed by atoms with Gasteiger partial charge in [0.2, 0.25) is 0 Å². The van der Waals surface area contributed by atoms with E-state index in [1.54, 1.807) is 12.1 Å². The molecular formula is C23H23ClF3N5O2. The van der Waals surface area contributed by atoms with Crippen LogP contribution in [0.4, 0.5) is 18.0 Å². The number of rotatable bonds is 5. The number of aryl methyl sites for hydroxylation is 1. The molecule has 1 aliphatic heterocycles. The summed E-state index contributed by atoms with van der Waals surface area (Å²) in [6.07, 6.45) is -4.85. The fraction of sp³-hybridized carbons (Fsp3) is 0.348. The van der Waals surface area contributed by atoms with Crippen molar-refractivity contribution in [1.82, 2.24) is 25.0 Å². The van der Waals surface area contributed by atoms with Gasteiger partial charge in [-0.3, -0.25) is 0 Å². The van der Waals surface area contributed by atoms with Crippen LogP contribution in [0.15, 0.2) is 48.5 Å². The topological polar surface area (TPSA) is 83.3 Å². The summed E-state index contributed by atoms with van der Waals surface area (Å²) in [7, 11) is 0. The van der Waals surface area contributed by atoms with Gasteiger partial charge in [0.05, 0.1) is 24.3 Å². The molecule has 1 aromatic heterocycles. The monoisotopic (exact) mass is 493 g/mol. The van der Waals surface area contributed by atoms with E-state index in [-0.39, 0.29) is 13.1 Å². The number of alkyl halides is 3. The zero-order chi connectivity index (χ0) is 24.5. The molecular weight excluding hydrogens is 471 g/mol. The third-order valence-corrected chi connectivity index (χ3v) is 6.03. The highest BCUT2D eigenvalue weighted by atomic mass is 35.5. The fourth-order valence-electron chi connectivity index (χ4n) is 3.99. The van der Waals surface area contributed by atoms with Gasteiger partial charge in [-0.1, -0.05) is 35.9 Å². The Morgan fingerprint density at radius 3 is 2.41 bits per heavy atom. The molecule has 1 aliphatic rings. The molecule has 0 bridgehead atoms. The average molecular weight is 494 g/mol. The van der Waals surface area contributed by atoms with E-state index in [2.05, 4.69) is 15.5 Å². The van der Waals surface area contributed by atoms with Crippen LogP contribution in [0.5, 0.6) is 0 Å². The standard InChI is InChI=1S/C23H23ClF3N5O2/c1-14-29-30-21(31(14)12-16-4-8-18(24)9-5-16)20-10-19(33)13-32(20)22(34)28-11-15-2-6-17(7-3-15)23(25,26)27/h2-9,19-20,33H,10-13H2,1H3,(H,28,34). The van der Waals surface area contributed by atoms with Gasteiger partial charge < -0.3 is 19.9 Å². The van der Waals surface area contributed by atoms with Crippen molar-refractivity contribution in [3.05, 3.63) is 81.9 Å². The Morgan fingerprint density at radius 2 is 1.76 bits per heavy atom. The van der Waals surface area contributed by atoms with Crippen molar-refractivity contribution < 1.29 is 23.1 Å². The first-order valence-corrected chi connectivity index (χ1v) is 11.0. The summed E-state index contributed by atoms with van der Waals surface area (Å²) < 4.78 is 40.1. The number of amides is 2. The zero-order valence-corrected chi connectivity index (χ0v) is 19.0. The average Bonchev–Trinajstić information content (AvgIpc) is 3.35. The molecule has 0 aliphatic carbocycles. The third kappa shape index (κ3) is 5.34. The third-order valence-electron chi connectivity index (χ3n) is 5.78. The maximum Gasteiger partial charge on any atom is 0.416 e. The number of benzene rings is 2. The second kappa shape index (κ2) is 9.63. The molecule has 2 unspecified atom stereocenters. The molecule has 0 radical (unpaired) electrons. The minimum atomic E-state index is -4.42.